The van der Waals surface area contributed by atoms with Gasteiger partial charge in [0.25, 0.3) is 0 Å². The van der Waals surface area contributed by atoms with Crippen molar-refractivity contribution in [2.45, 2.75) is 11.3 Å². The lowest BCUT2D eigenvalue weighted by Gasteiger charge is -2.06. The molecule has 0 bridgehead atoms. The van der Waals surface area contributed by atoms with Crippen molar-refractivity contribution in [3.8, 4) is 0 Å². The fraction of sp³-hybridized carbons (Fsp3) is 0.0952. The third-order valence-electron chi connectivity index (χ3n) is 4.46. The Bertz CT molecular complexity index is 1250. The maximum atomic E-state index is 12.5. The second-order valence-electron chi connectivity index (χ2n) is 6.44. The summed E-state index contributed by atoms with van der Waals surface area (Å²) in [4.78, 5) is 12.7. The number of carbonyl (C=O) groups is 1. The molecule has 0 spiro atoms. The van der Waals surface area contributed by atoms with Crippen LogP contribution in [-0.2, 0) is 21.1 Å². The van der Waals surface area contributed by atoms with Gasteiger partial charge in [-0.1, -0.05) is 30.3 Å². The minimum atomic E-state index is -3.26. The Labute approximate surface area is 156 Å². The predicted octanol–water partition coefficient (Wildman–Crippen LogP) is 4.17. The first-order valence-electron chi connectivity index (χ1n) is 8.39. The van der Waals surface area contributed by atoms with E-state index < -0.39 is 9.84 Å². The van der Waals surface area contributed by atoms with Crippen LogP contribution in [0.4, 0.5) is 5.69 Å². The van der Waals surface area contributed by atoms with Gasteiger partial charge in [0.15, 0.2) is 9.84 Å². The highest BCUT2D eigenvalue weighted by Crippen LogP contribution is 2.30. The lowest BCUT2D eigenvalue weighted by Crippen LogP contribution is -2.14. The quantitative estimate of drug-likeness (QED) is 0.577. The maximum absolute atomic E-state index is 12.5. The number of furan rings is 1. The number of benzene rings is 3. The third-order valence-corrected chi connectivity index (χ3v) is 5.59. The van der Waals surface area contributed by atoms with Gasteiger partial charge in [0.2, 0.25) is 5.91 Å². The Morgan fingerprint density at radius 3 is 2.48 bits per heavy atom. The van der Waals surface area contributed by atoms with Crippen molar-refractivity contribution in [3.63, 3.8) is 0 Å². The average Bonchev–Trinajstić information content (AvgIpc) is 3.04. The SMILES string of the molecule is CS(=O)(=O)c1ccc(NC(=O)Cc2coc3ccc4ccccc4c23)cc1. The van der Waals surface area contributed by atoms with Crippen LogP contribution in [0, 0.1) is 0 Å². The minimum absolute atomic E-state index is 0.162. The topological polar surface area (TPSA) is 76.4 Å². The van der Waals surface area contributed by atoms with Gasteiger partial charge in [0, 0.05) is 22.9 Å². The lowest BCUT2D eigenvalue weighted by atomic mass is 10.0. The van der Waals surface area contributed by atoms with E-state index in [9.17, 15) is 13.2 Å². The largest absolute Gasteiger partial charge is 0.464 e. The van der Waals surface area contributed by atoms with Crippen molar-refractivity contribution in [1.29, 1.82) is 0 Å². The molecule has 1 heterocycles. The summed E-state index contributed by atoms with van der Waals surface area (Å²) in [5.41, 5.74) is 2.10. The van der Waals surface area contributed by atoms with Crippen LogP contribution >= 0.6 is 0 Å². The molecule has 0 aliphatic carbocycles. The molecular weight excluding hydrogens is 362 g/mol. The molecule has 5 nitrogen and oxygen atoms in total. The first-order chi connectivity index (χ1) is 12.9. The van der Waals surface area contributed by atoms with Crippen molar-refractivity contribution in [3.05, 3.63) is 72.5 Å². The zero-order valence-electron chi connectivity index (χ0n) is 14.6. The molecule has 4 aromatic rings. The average molecular weight is 379 g/mol. The first kappa shape index (κ1) is 17.3. The normalized spacial score (nSPS) is 11.7. The molecule has 0 unspecified atom stereocenters. The van der Waals surface area contributed by atoms with Crippen molar-refractivity contribution >= 4 is 43.2 Å². The van der Waals surface area contributed by atoms with Gasteiger partial charge in [-0.05, 0) is 41.1 Å². The van der Waals surface area contributed by atoms with Gasteiger partial charge in [-0.15, -0.1) is 0 Å². The van der Waals surface area contributed by atoms with E-state index >= 15 is 0 Å². The molecule has 0 atom stereocenters. The standard InChI is InChI=1S/C21H17NO4S/c1-27(24,25)17-9-7-16(8-10-17)22-20(23)12-15-13-26-19-11-6-14-4-2-3-5-18(14)21(15)19/h2-11,13H,12H2,1H3,(H,22,23). The monoisotopic (exact) mass is 379 g/mol. The lowest BCUT2D eigenvalue weighted by molar-refractivity contribution is -0.115. The van der Waals surface area contributed by atoms with E-state index in [4.69, 9.17) is 4.42 Å². The molecule has 3 aromatic carbocycles. The molecule has 1 amide bonds. The molecule has 0 saturated heterocycles. The maximum Gasteiger partial charge on any atom is 0.228 e. The van der Waals surface area contributed by atoms with Gasteiger partial charge in [-0.2, -0.15) is 0 Å². The number of rotatable bonds is 4. The fourth-order valence-electron chi connectivity index (χ4n) is 3.17. The van der Waals surface area contributed by atoms with Crippen LogP contribution in [0.15, 0.2) is 76.2 Å². The molecular formula is C21H17NO4S. The highest BCUT2D eigenvalue weighted by atomic mass is 32.2. The summed E-state index contributed by atoms with van der Waals surface area (Å²) in [5.74, 6) is -0.197. The predicted molar refractivity (Wildman–Crippen MR) is 106 cm³/mol. The van der Waals surface area contributed by atoms with E-state index in [1.807, 2.05) is 36.4 Å². The van der Waals surface area contributed by atoms with E-state index in [1.165, 1.54) is 12.1 Å². The molecule has 4 rings (SSSR count). The summed E-state index contributed by atoms with van der Waals surface area (Å²) in [6.45, 7) is 0. The van der Waals surface area contributed by atoms with Gasteiger partial charge in [-0.25, -0.2) is 8.42 Å². The van der Waals surface area contributed by atoms with E-state index in [0.717, 1.165) is 33.6 Å². The molecule has 1 aromatic heterocycles. The van der Waals surface area contributed by atoms with E-state index in [-0.39, 0.29) is 17.2 Å². The van der Waals surface area contributed by atoms with Gasteiger partial charge in [0.05, 0.1) is 17.6 Å². The third kappa shape index (κ3) is 3.44. The van der Waals surface area contributed by atoms with Gasteiger partial charge >= 0.3 is 0 Å². The van der Waals surface area contributed by atoms with E-state index in [2.05, 4.69) is 5.32 Å². The van der Waals surface area contributed by atoms with Crippen LogP contribution < -0.4 is 5.32 Å². The van der Waals surface area contributed by atoms with Gasteiger partial charge in [-0.3, -0.25) is 4.79 Å². The van der Waals surface area contributed by atoms with E-state index in [1.54, 1.807) is 18.4 Å². The number of hydrogen-bond donors (Lipinski definition) is 1. The van der Waals surface area contributed by atoms with Crippen LogP contribution in [0.3, 0.4) is 0 Å². The highest BCUT2D eigenvalue weighted by molar-refractivity contribution is 7.90. The van der Waals surface area contributed by atoms with Gasteiger partial charge < -0.3 is 9.73 Å². The van der Waals surface area contributed by atoms with Crippen LogP contribution in [0.1, 0.15) is 5.56 Å². The minimum Gasteiger partial charge on any atom is -0.464 e. The Morgan fingerprint density at radius 2 is 1.74 bits per heavy atom. The molecule has 6 heteroatoms. The molecule has 0 saturated carbocycles. The molecule has 1 N–H and O–H groups in total. The second-order valence-corrected chi connectivity index (χ2v) is 8.46. The Hall–Kier alpha value is -3.12. The van der Waals surface area contributed by atoms with Crippen LogP contribution in [0.2, 0.25) is 0 Å². The van der Waals surface area contributed by atoms with Crippen LogP contribution in [0.5, 0.6) is 0 Å². The molecule has 0 aliphatic rings. The molecule has 0 fully saturated rings. The number of sulfone groups is 1. The number of carbonyl (C=O) groups excluding carboxylic acids is 1. The van der Waals surface area contributed by atoms with Crippen molar-refractivity contribution in [1.82, 2.24) is 0 Å². The summed E-state index contributed by atoms with van der Waals surface area (Å²) in [6.07, 6.45) is 2.92. The summed E-state index contributed by atoms with van der Waals surface area (Å²) in [5, 5.41) is 5.87. The first-order valence-corrected chi connectivity index (χ1v) is 10.3. The Morgan fingerprint density at radius 1 is 1.00 bits per heavy atom. The van der Waals surface area contributed by atoms with E-state index in [0.29, 0.717) is 5.69 Å². The second kappa shape index (κ2) is 6.55. The summed E-state index contributed by atoms with van der Waals surface area (Å²) in [6, 6.07) is 18.0. The number of amides is 1. The molecule has 27 heavy (non-hydrogen) atoms. The smallest absolute Gasteiger partial charge is 0.228 e. The Balaban J connectivity index is 1.59. The summed E-state index contributed by atoms with van der Waals surface area (Å²) < 4.78 is 28.6. The summed E-state index contributed by atoms with van der Waals surface area (Å²) >= 11 is 0. The number of nitrogens with one attached hydrogen (secondary N) is 1. The van der Waals surface area contributed by atoms with Crippen molar-refractivity contribution in [2.75, 3.05) is 11.6 Å². The van der Waals surface area contributed by atoms with Crippen LogP contribution in [0.25, 0.3) is 21.7 Å². The number of fused-ring (bicyclic) bond motifs is 3. The number of hydrogen-bond acceptors (Lipinski definition) is 4. The molecule has 0 radical (unpaired) electrons. The molecule has 136 valence electrons. The summed E-state index contributed by atoms with van der Waals surface area (Å²) in [7, 11) is -3.26. The highest BCUT2D eigenvalue weighted by Gasteiger charge is 2.14. The molecule has 0 aliphatic heterocycles. The van der Waals surface area contributed by atoms with Crippen molar-refractivity contribution in [2.24, 2.45) is 0 Å². The van der Waals surface area contributed by atoms with Crippen molar-refractivity contribution < 1.29 is 17.6 Å². The van der Waals surface area contributed by atoms with Gasteiger partial charge in [0.1, 0.15) is 5.58 Å². The Kier molecular flexibility index (Phi) is 4.20. The zero-order chi connectivity index (χ0) is 19.0. The van der Waals surface area contributed by atoms with Crippen LogP contribution in [-0.4, -0.2) is 20.6 Å². The zero-order valence-corrected chi connectivity index (χ0v) is 15.4. The fourth-order valence-corrected chi connectivity index (χ4v) is 3.80. The number of anilines is 1.